The van der Waals surface area contributed by atoms with E-state index in [4.69, 9.17) is 4.42 Å². The molecule has 0 saturated heterocycles. The molecule has 142 valence electrons. The molecule has 28 heavy (non-hydrogen) atoms. The first-order valence-electron chi connectivity index (χ1n) is 9.11. The third-order valence-electron chi connectivity index (χ3n) is 5.09. The lowest BCUT2D eigenvalue weighted by atomic mass is 10.1. The van der Waals surface area contributed by atoms with Crippen LogP contribution in [-0.4, -0.2) is 27.8 Å². The van der Waals surface area contributed by atoms with Gasteiger partial charge in [0.25, 0.3) is 5.91 Å². The van der Waals surface area contributed by atoms with Gasteiger partial charge in [0, 0.05) is 12.4 Å². The Balaban J connectivity index is 1.73. The molecule has 0 fully saturated rings. The molecule has 1 aromatic carbocycles. The Hall–Kier alpha value is -2.99. The Labute approximate surface area is 167 Å². The number of carbonyl (C=O) groups excluding carboxylic acids is 1. The fourth-order valence-electron chi connectivity index (χ4n) is 3.35. The number of thiophene rings is 1. The minimum atomic E-state index is -0.0239. The van der Waals surface area contributed by atoms with Gasteiger partial charge in [-0.2, -0.15) is 0 Å². The Morgan fingerprint density at radius 1 is 1.11 bits per heavy atom. The van der Waals surface area contributed by atoms with Crippen molar-refractivity contribution in [2.75, 3.05) is 7.05 Å². The average Bonchev–Trinajstić information content (AvgIpc) is 3.35. The summed E-state index contributed by atoms with van der Waals surface area (Å²) in [6, 6.07) is 13.7. The van der Waals surface area contributed by atoms with E-state index in [0.717, 1.165) is 27.0 Å². The molecule has 4 rings (SSSR count). The molecule has 0 spiro atoms. The first kappa shape index (κ1) is 18.4. The molecule has 0 radical (unpaired) electrons. The van der Waals surface area contributed by atoms with E-state index in [-0.39, 0.29) is 11.9 Å². The topological polar surface area (TPSA) is 59.2 Å². The van der Waals surface area contributed by atoms with Crippen LogP contribution in [0.5, 0.6) is 0 Å². The molecule has 0 bridgehead atoms. The van der Waals surface area contributed by atoms with Crippen LogP contribution in [0, 0.1) is 13.8 Å². The number of nitrogens with zero attached hydrogens (tertiary/aromatic N) is 3. The van der Waals surface area contributed by atoms with Crippen molar-refractivity contribution in [3.63, 3.8) is 0 Å². The highest BCUT2D eigenvalue weighted by Gasteiger charge is 2.25. The SMILES string of the molecule is Cc1nc(-c2ccco2)nc2sc(C(=O)N(C)C(C)c3ccccc3)c(C)c12. The van der Waals surface area contributed by atoms with Crippen molar-refractivity contribution in [1.82, 2.24) is 14.9 Å². The van der Waals surface area contributed by atoms with E-state index in [1.807, 2.05) is 70.3 Å². The molecule has 0 aliphatic heterocycles. The molecular weight excluding hydrogens is 370 g/mol. The van der Waals surface area contributed by atoms with Gasteiger partial charge in [0.15, 0.2) is 11.6 Å². The van der Waals surface area contributed by atoms with Gasteiger partial charge in [-0.15, -0.1) is 11.3 Å². The van der Waals surface area contributed by atoms with Gasteiger partial charge in [-0.1, -0.05) is 30.3 Å². The standard InChI is InChI=1S/C22H21N3O2S/c1-13-18-14(2)23-20(17-11-8-12-27-17)24-21(18)28-19(13)22(26)25(4)15(3)16-9-6-5-7-10-16/h5-12,15H,1-4H3. The molecule has 1 unspecified atom stereocenters. The first-order chi connectivity index (χ1) is 13.5. The molecule has 0 aliphatic rings. The Morgan fingerprint density at radius 3 is 2.54 bits per heavy atom. The Morgan fingerprint density at radius 2 is 1.86 bits per heavy atom. The summed E-state index contributed by atoms with van der Waals surface area (Å²) in [5.74, 6) is 1.16. The molecule has 3 heterocycles. The highest BCUT2D eigenvalue weighted by molar-refractivity contribution is 7.20. The Bertz CT molecular complexity index is 1130. The summed E-state index contributed by atoms with van der Waals surface area (Å²) in [5, 5.41) is 0.949. The fourth-order valence-corrected chi connectivity index (χ4v) is 4.56. The third kappa shape index (κ3) is 3.10. The number of aromatic nitrogens is 2. The van der Waals surface area contributed by atoms with Crippen LogP contribution in [0.1, 0.15) is 39.5 Å². The van der Waals surface area contributed by atoms with Crippen LogP contribution in [-0.2, 0) is 0 Å². The van der Waals surface area contributed by atoms with Crippen LogP contribution in [0.3, 0.4) is 0 Å². The number of hydrogen-bond acceptors (Lipinski definition) is 5. The summed E-state index contributed by atoms with van der Waals surface area (Å²) in [4.78, 5) is 25.8. The first-order valence-corrected chi connectivity index (χ1v) is 9.92. The van der Waals surface area contributed by atoms with Crippen LogP contribution in [0.4, 0.5) is 0 Å². The van der Waals surface area contributed by atoms with E-state index in [9.17, 15) is 4.79 Å². The van der Waals surface area contributed by atoms with Crippen molar-refractivity contribution in [2.45, 2.75) is 26.8 Å². The van der Waals surface area contributed by atoms with Gasteiger partial charge in [0.1, 0.15) is 4.83 Å². The number of carbonyl (C=O) groups is 1. The predicted octanol–water partition coefficient (Wildman–Crippen LogP) is 5.40. The molecule has 1 atom stereocenters. The fraction of sp³-hybridized carbons (Fsp3) is 0.227. The minimum Gasteiger partial charge on any atom is -0.461 e. The van der Waals surface area contributed by atoms with Crippen molar-refractivity contribution >= 4 is 27.5 Å². The smallest absolute Gasteiger partial charge is 0.264 e. The van der Waals surface area contributed by atoms with Gasteiger partial charge >= 0.3 is 0 Å². The molecule has 0 aliphatic carbocycles. The number of benzene rings is 1. The van der Waals surface area contributed by atoms with Crippen molar-refractivity contribution in [1.29, 1.82) is 0 Å². The number of amides is 1. The van der Waals surface area contributed by atoms with E-state index in [1.54, 1.807) is 11.2 Å². The van der Waals surface area contributed by atoms with E-state index < -0.39 is 0 Å². The number of aryl methyl sites for hydroxylation is 2. The number of furan rings is 1. The van der Waals surface area contributed by atoms with Gasteiger partial charge in [-0.25, -0.2) is 9.97 Å². The molecular formula is C22H21N3O2S. The normalized spacial score (nSPS) is 12.3. The van der Waals surface area contributed by atoms with Gasteiger partial charge in [-0.05, 0) is 44.0 Å². The second-order valence-electron chi connectivity index (χ2n) is 6.85. The summed E-state index contributed by atoms with van der Waals surface area (Å²) >= 11 is 1.41. The van der Waals surface area contributed by atoms with Gasteiger partial charge in [0.05, 0.1) is 22.9 Å². The van der Waals surface area contributed by atoms with E-state index in [1.165, 1.54) is 11.3 Å². The van der Waals surface area contributed by atoms with Crippen LogP contribution < -0.4 is 0 Å². The average molecular weight is 391 g/mol. The number of rotatable bonds is 4. The van der Waals surface area contributed by atoms with Gasteiger partial charge < -0.3 is 9.32 Å². The van der Waals surface area contributed by atoms with Crippen molar-refractivity contribution in [3.8, 4) is 11.6 Å². The molecule has 1 amide bonds. The Kier molecular flexibility index (Phi) is 4.73. The molecule has 5 nitrogen and oxygen atoms in total. The number of fused-ring (bicyclic) bond motifs is 1. The maximum atomic E-state index is 13.2. The van der Waals surface area contributed by atoms with E-state index >= 15 is 0 Å². The largest absolute Gasteiger partial charge is 0.461 e. The lowest BCUT2D eigenvalue weighted by Crippen LogP contribution is -2.29. The zero-order valence-corrected chi connectivity index (χ0v) is 17.1. The lowest BCUT2D eigenvalue weighted by molar-refractivity contribution is 0.0747. The van der Waals surface area contributed by atoms with Crippen molar-refractivity contribution in [2.24, 2.45) is 0 Å². The molecule has 6 heteroatoms. The molecule has 0 N–H and O–H groups in total. The zero-order chi connectivity index (χ0) is 19.8. The summed E-state index contributed by atoms with van der Waals surface area (Å²) in [5.41, 5.74) is 2.89. The summed E-state index contributed by atoms with van der Waals surface area (Å²) in [6.45, 7) is 5.95. The second kappa shape index (κ2) is 7.20. The third-order valence-corrected chi connectivity index (χ3v) is 6.26. The maximum Gasteiger partial charge on any atom is 0.264 e. The van der Waals surface area contributed by atoms with Crippen LogP contribution in [0.2, 0.25) is 0 Å². The highest BCUT2D eigenvalue weighted by atomic mass is 32.1. The highest BCUT2D eigenvalue weighted by Crippen LogP contribution is 2.34. The summed E-state index contributed by atoms with van der Waals surface area (Å²) in [6.07, 6.45) is 1.60. The predicted molar refractivity (Wildman–Crippen MR) is 112 cm³/mol. The van der Waals surface area contributed by atoms with Crippen LogP contribution in [0.25, 0.3) is 21.8 Å². The molecule has 3 aromatic heterocycles. The molecule has 0 saturated carbocycles. The molecule has 4 aromatic rings. The van der Waals surface area contributed by atoms with Gasteiger partial charge in [0.2, 0.25) is 0 Å². The lowest BCUT2D eigenvalue weighted by Gasteiger charge is -2.25. The van der Waals surface area contributed by atoms with Crippen LogP contribution >= 0.6 is 11.3 Å². The van der Waals surface area contributed by atoms with E-state index in [2.05, 4.69) is 9.97 Å². The summed E-state index contributed by atoms with van der Waals surface area (Å²) < 4.78 is 5.43. The second-order valence-corrected chi connectivity index (χ2v) is 7.85. The van der Waals surface area contributed by atoms with Crippen molar-refractivity contribution in [3.05, 3.63) is 70.4 Å². The van der Waals surface area contributed by atoms with Crippen LogP contribution in [0.15, 0.2) is 53.1 Å². The quantitative estimate of drug-likeness (QED) is 0.467. The maximum absolute atomic E-state index is 13.2. The minimum absolute atomic E-state index is 0.00389. The summed E-state index contributed by atoms with van der Waals surface area (Å²) in [7, 11) is 1.84. The number of hydrogen-bond donors (Lipinski definition) is 0. The zero-order valence-electron chi connectivity index (χ0n) is 16.3. The van der Waals surface area contributed by atoms with Crippen molar-refractivity contribution < 1.29 is 9.21 Å². The van der Waals surface area contributed by atoms with E-state index in [0.29, 0.717) is 16.5 Å². The monoisotopic (exact) mass is 391 g/mol. The van der Waals surface area contributed by atoms with Gasteiger partial charge in [-0.3, -0.25) is 4.79 Å².